The molecule has 0 aliphatic heterocycles. The average molecular weight is 394 g/mol. The zero-order chi connectivity index (χ0) is 20.8. The summed E-state index contributed by atoms with van der Waals surface area (Å²) in [4.78, 5) is 8.95. The second-order valence-electron chi connectivity index (χ2n) is 6.56. The number of ether oxygens (including phenoxy) is 3. The first kappa shape index (κ1) is 20.3. The summed E-state index contributed by atoms with van der Waals surface area (Å²) in [5, 5.41) is 6.64. The van der Waals surface area contributed by atoms with E-state index in [-0.39, 0.29) is 0 Å². The number of methoxy groups -OCH3 is 3. The van der Waals surface area contributed by atoms with E-state index in [0.29, 0.717) is 35.4 Å². The van der Waals surface area contributed by atoms with E-state index in [9.17, 15) is 0 Å². The number of hydrogen-bond acceptors (Lipinski definition) is 7. The third-order valence-corrected chi connectivity index (χ3v) is 4.37. The Morgan fingerprint density at radius 2 is 1.41 bits per heavy atom. The molecule has 3 rings (SSSR count). The Balaban J connectivity index is 1.80. The van der Waals surface area contributed by atoms with Crippen LogP contribution in [0.15, 0.2) is 42.5 Å². The fourth-order valence-electron chi connectivity index (χ4n) is 2.92. The Morgan fingerprint density at radius 3 is 2.00 bits per heavy atom. The molecule has 0 saturated carbocycles. The lowest BCUT2D eigenvalue weighted by molar-refractivity contribution is 0.324. The Hall–Kier alpha value is -3.48. The van der Waals surface area contributed by atoms with Gasteiger partial charge in [0.15, 0.2) is 11.5 Å². The second-order valence-corrected chi connectivity index (χ2v) is 6.56. The van der Waals surface area contributed by atoms with Crippen molar-refractivity contribution in [2.24, 2.45) is 0 Å². The van der Waals surface area contributed by atoms with Crippen molar-refractivity contribution >= 4 is 17.3 Å². The molecule has 0 spiro atoms. The number of benzene rings is 2. The van der Waals surface area contributed by atoms with E-state index in [1.165, 1.54) is 11.1 Å². The third kappa shape index (κ3) is 5.07. The smallest absolute Gasteiger partial charge is 0.203 e. The molecule has 0 fully saturated rings. The van der Waals surface area contributed by atoms with Crippen LogP contribution in [0.1, 0.15) is 17.0 Å². The summed E-state index contributed by atoms with van der Waals surface area (Å²) < 4.78 is 16.2. The SMILES string of the molecule is COc1cc(Nc2cc(NCc3ccc(C)cc3)nc(C)n2)cc(OC)c1OC. The van der Waals surface area contributed by atoms with Gasteiger partial charge in [-0.1, -0.05) is 29.8 Å². The van der Waals surface area contributed by atoms with Crippen LogP contribution in [0.4, 0.5) is 17.3 Å². The van der Waals surface area contributed by atoms with Crippen molar-refractivity contribution in [2.45, 2.75) is 20.4 Å². The molecule has 1 heterocycles. The molecule has 0 aliphatic rings. The molecule has 3 aromatic rings. The number of hydrogen-bond donors (Lipinski definition) is 2. The zero-order valence-electron chi connectivity index (χ0n) is 17.4. The maximum Gasteiger partial charge on any atom is 0.203 e. The fourth-order valence-corrected chi connectivity index (χ4v) is 2.92. The Kier molecular flexibility index (Phi) is 6.39. The molecule has 2 N–H and O–H groups in total. The maximum absolute atomic E-state index is 5.41. The first-order valence-electron chi connectivity index (χ1n) is 9.24. The molecule has 0 bridgehead atoms. The standard InChI is InChI=1S/C22H26N4O3/c1-14-6-8-16(9-7-14)13-23-20-12-21(25-15(2)24-20)26-17-10-18(27-3)22(29-5)19(11-17)28-4/h6-12H,13H2,1-5H3,(H2,23,24,25,26). The minimum Gasteiger partial charge on any atom is -0.493 e. The van der Waals surface area contributed by atoms with Crippen molar-refractivity contribution in [2.75, 3.05) is 32.0 Å². The van der Waals surface area contributed by atoms with E-state index in [1.807, 2.05) is 25.1 Å². The lowest BCUT2D eigenvalue weighted by Gasteiger charge is -2.15. The van der Waals surface area contributed by atoms with Gasteiger partial charge in [0.1, 0.15) is 17.5 Å². The monoisotopic (exact) mass is 394 g/mol. The molecular formula is C22H26N4O3. The number of nitrogens with zero attached hydrogens (tertiary/aromatic N) is 2. The number of aryl methyl sites for hydroxylation is 2. The van der Waals surface area contributed by atoms with Gasteiger partial charge < -0.3 is 24.8 Å². The van der Waals surface area contributed by atoms with Crippen LogP contribution in [0, 0.1) is 13.8 Å². The van der Waals surface area contributed by atoms with Crippen LogP contribution in [0.5, 0.6) is 17.2 Å². The van der Waals surface area contributed by atoms with Crippen molar-refractivity contribution in [1.82, 2.24) is 9.97 Å². The van der Waals surface area contributed by atoms with E-state index < -0.39 is 0 Å². The van der Waals surface area contributed by atoms with Crippen LogP contribution in [-0.2, 0) is 6.54 Å². The summed E-state index contributed by atoms with van der Waals surface area (Å²) in [6.45, 7) is 4.61. The summed E-state index contributed by atoms with van der Waals surface area (Å²) in [7, 11) is 4.75. The van der Waals surface area contributed by atoms with Gasteiger partial charge in [-0.3, -0.25) is 0 Å². The second kappa shape index (κ2) is 9.14. The Bertz CT molecular complexity index is 949. The van der Waals surface area contributed by atoms with Gasteiger partial charge in [0.25, 0.3) is 0 Å². The van der Waals surface area contributed by atoms with E-state index in [1.54, 1.807) is 21.3 Å². The van der Waals surface area contributed by atoms with E-state index in [4.69, 9.17) is 14.2 Å². The molecule has 29 heavy (non-hydrogen) atoms. The molecule has 1 aromatic heterocycles. The average Bonchev–Trinajstić information content (AvgIpc) is 2.72. The molecule has 7 nitrogen and oxygen atoms in total. The summed E-state index contributed by atoms with van der Waals surface area (Å²) in [6.07, 6.45) is 0. The fraction of sp³-hybridized carbons (Fsp3) is 0.273. The summed E-state index contributed by atoms with van der Waals surface area (Å²) in [5.41, 5.74) is 3.19. The van der Waals surface area contributed by atoms with Crippen molar-refractivity contribution in [1.29, 1.82) is 0 Å². The van der Waals surface area contributed by atoms with Gasteiger partial charge in [-0.25, -0.2) is 9.97 Å². The van der Waals surface area contributed by atoms with Gasteiger partial charge in [0, 0.05) is 30.4 Å². The quantitative estimate of drug-likeness (QED) is 0.583. The lowest BCUT2D eigenvalue weighted by atomic mass is 10.1. The third-order valence-electron chi connectivity index (χ3n) is 4.37. The summed E-state index contributed by atoms with van der Waals surface area (Å²) in [6, 6.07) is 13.9. The molecule has 0 amide bonds. The lowest BCUT2D eigenvalue weighted by Crippen LogP contribution is -2.05. The van der Waals surface area contributed by atoms with Gasteiger partial charge in [0.2, 0.25) is 5.75 Å². The van der Waals surface area contributed by atoms with Crippen molar-refractivity contribution < 1.29 is 14.2 Å². The number of nitrogens with one attached hydrogen (secondary N) is 2. The van der Waals surface area contributed by atoms with Crippen molar-refractivity contribution in [3.8, 4) is 17.2 Å². The number of rotatable bonds is 8. The largest absolute Gasteiger partial charge is 0.493 e. The van der Waals surface area contributed by atoms with Crippen LogP contribution < -0.4 is 24.8 Å². The molecule has 7 heteroatoms. The van der Waals surface area contributed by atoms with Crippen LogP contribution in [-0.4, -0.2) is 31.3 Å². The van der Waals surface area contributed by atoms with Gasteiger partial charge in [0.05, 0.1) is 21.3 Å². The van der Waals surface area contributed by atoms with E-state index >= 15 is 0 Å². The highest BCUT2D eigenvalue weighted by atomic mass is 16.5. The molecule has 2 aromatic carbocycles. The molecule has 0 saturated heterocycles. The van der Waals surface area contributed by atoms with Crippen LogP contribution in [0.2, 0.25) is 0 Å². The Morgan fingerprint density at radius 1 is 0.793 bits per heavy atom. The molecular weight excluding hydrogens is 368 g/mol. The first-order valence-corrected chi connectivity index (χ1v) is 9.24. The number of aromatic nitrogens is 2. The van der Waals surface area contributed by atoms with Crippen molar-refractivity contribution in [3.05, 3.63) is 59.4 Å². The Labute approximate surface area is 171 Å². The topological polar surface area (TPSA) is 77.5 Å². The first-order chi connectivity index (χ1) is 14.0. The number of anilines is 3. The normalized spacial score (nSPS) is 10.4. The van der Waals surface area contributed by atoms with Crippen LogP contribution in [0.3, 0.4) is 0 Å². The minimum atomic E-state index is 0.542. The molecule has 0 atom stereocenters. The van der Waals surface area contributed by atoms with Crippen LogP contribution >= 0.6 is 0 Å². The highest BCUT2D eigenvalue weighted by Crippen LogP contribution is 2.40. The molecule has 0 aliphatic carbocycles. The maximum atomic E-state index is 5.41. The predicted octanol–water partition coefficient (Wildman–Crippen LogP) is 4.47. The zero-order valence-corrected chi connectivity index (χ0v) is 17.4. The summed E-state index contributed by atoms with van der Waals surface area (Å²) in [5.74, 6) is 3.75. The highest BCUT2D eigenvalue weighted by Gasteiger charge is 2.14. The molecule has 0 unspecified atom stereocenters. The molecule has 152 valence electrons. The highest BCUT2D eigenvalue weighted by molar-refractivity contribution is 5.67. The van der Waals surface area contributed by atoms with Gasteiger partial charge >= 0.3 is 0 Å². The predicted molar refractivity (Wildman–Crippen MR) is 115 cm³/mol. The van der Waals surface area contributed by atoms with E-state index in [0.717, 1.165) is 11.5 Å². The van der Waals surface area contributed by atoms with E-state index in [2.05, 4.69) is 51.8 Å². The van der Waals surface area contributed by atoms with Crippen LogP contribution in [0.25, 0.3) is 0 Å². The van der Waals surface area contributed by atoms with Gasteiger partial charge in [-0.2, -0.15) is 0 Å². The summed E-state index contributed by atoms with van der Waals surface area (Å²) >= 11 is 0. The molecule has 0 radical (unpaired) electrons. The minimum absolute atomic E-state index is 0.542. The van der Waals surface area contributed by atoms with Gasteiger partial charge in [-0.05, 0) is 19.4 Å². The van der Waals surface area contributed by atoms with Gasteiger partial charge in [-0.15, -0.1) is 0 Å². The van der Waals surface area contributed by atoms with Crippen molar-refractivity contribution in [3.63, 3.8) is 0 Å².